The van der Waals surface area contributed by atoms with Crippen LogP contribution in [0.4, 0.5) is 0 Å². The number of hydrogen-bond donors (Lipinski definition) is 1. The third-order valence-corrected chi connectivity index (χ3v) is 7.79. The van der Waals surface area contributed by atoms with Gasteiger partial charge in [0.2, 0.25) is 5.91 Å². The molecule has 0 unspecified atom stereocenters. The SMILES string of the molecule is CC(C)C[C@@H]1[C@@H]2C=N[C@@]3(C(=O)NCCc4ccccc4)[C@@H](C2)CN(Cc2ccccc2)[C@@H]13. The second kappa shape index (κ2) is 8.82. The number of carbonyl (C=O) groups excluding carboxylic acids is 1. The van der Waals surface area contributed by atoms with Gasteiger partial charge >= 0.3 is 0 Å². The first-order valence-electron chi connectivity index (χ1n) is 12.2. The van der Waals surface area contributed by atoms with E-state index in [9.17, 15) is 4.79 Å². The van der Waals surface area contributed by atoms with Crippen molar-refractivity contribution in [3.05, 3.63) is 71.8 Å². The molecule has 4 bridgehead atoms. The van der Waals surface area contributed by atoms with Crippen LogP contribution in [0.1, 0.15) is 37.8 Å². The van der Waals surface area contributed by atoms with Gasteiger partial charge in [-0.2, -0.15) is 0 Å². The van der Waals surface area contributed by atoms with E-state index in [0.29, 0.717) is 30.2 Å². The molecule has 168 valence electrons. The Morgan fingerprint density at radius 2 is 1.78 bits per heavy atom. The Labute approximate surface area is 192 Å². The first-order chi connectivity index (χ1) is 15.6. The fourth-order valence-corrected chi connectivity index (χ4v) is 6.53. The van der Waals surface area contributed by atoms with Crippen LogP contribution in [-0.2, 0) is 17.8 Å². The molecule has 3 aliphatic heterocycles. The second-order valence-corrected chi connectivity index (χ2v) is 10.3. The number of rotatable bonds is 8. The van der Waals surface area contributed by atoms with Gasteiger partial charge in [-0.1, -0.05) is 74.5 Å². The third kappa shape index (κ3) is 3.79. The molecule has 1 amide bonds. The van der Waals surface area contributed by atoms with E-state index in [2.05, 4.69) is 84.9 Å². The smallest absolute Gasteiger partial charge is 0.249 e. The zero-order valence-electron chi connectivity index (χ0n) is 19.3. The minimum absolute atomic E-state index is 0.141. The molecule has 1 aliphatic carbocycles. The summed E-state index contributed by atoms with van der Waals surface area (Å²) in [5.41, 5.74) is 1.95. The van der Waals surface area contributed by atoms with Crippen LogP contribution in [0, 0.1) is 23.7 Å². The normalized spacial score (nSPS) is 30.7. The minimum Gasteiger partial charge on any atom is -0.354 e. The fraction of sp³-hybridized carbons (Fsp3) is 0.500. The molecule has 1 saturated heterocycles. The Balaban J connectivity index is 1.39. The van der Waals surface area contributed by atoms with Crippen LogP contribution in [-0.4, -0.2) is 41.7 Å². The molecular weight excluding hydrogens is 394 g/mol. The van der Waals surface area contributed by atoms with Crippen LogP contribution in [0.3, 0.4) is 0 Å². The molecule has 4 nitrogen and oxygen atoms in total. The largest absolute Gasteiger partial charge is 0.354 e. The number of carbonyl (C=O) groups is 1. The molecule has 0 spiro atoms. The van der Waals surface area contributed by atoms with Crippen molar-refractivity contribution in [2.24, 2.45) is 28.7 Å². The highest BCUT2D eigenvalue weighted by molar-refractivity contribution is 5.92. The van der Waals surface area contributed by atoms with Crippen molar-refractivity contribution in [1.29, 1.82) is 0 Å². The van der Waals surface area contributed by atoms with E-state index >= 15 is 0 Å². The number of hydrogen-bond acceptors (Lipinski definition) is 3. The molecule has 4 heteroatoms. The summed E-state index contributed by atoms with van der Waals surface area (Å²) in [5, 5.41) is 3.30. The van der Waals surface area contributed by atoms with Crippen molar-refractivity contribution in [3.8, 4) is 0 Å². The maximum atomic E-state index is 13.8. The van der Waals surface area contributed by atoms with Crippen molar-refractivity contribution in [3.63, 3.8) is 0 Å². The highest BCUT2D eigenvalue weighted by Gasteiger charge is 2.67. The van der Waals surface area contributed by atoms with Gasteiger partial charge < -0.3 is 5.32 Å². The molecule has 1 N–H and O–H groups in total. The van der Waals surface area contributed by atoms with Gasteiger partial charge in [-0.05, 0) is 48.1 Å². The molecule has 5 atom stereocenters. The predicted molar refractivity (Wildman–Crippen MR) is 130 cm³/mol. The van der Waals surface area contributed by atoms with E-state index in [1.807, 2.05) is 6.07 Å². The van der Waals surface area contributed by atoms with Crippen LogP contribution in [0.2, 0.25) is 0 Å². The monoisotopic (exact) mass is 429 g/mol. The van der Waals surface area contributed by atoms with E-state index in [-0.39, 0.29) is 11.9 Å². The number of amides is 1. The Morgan fingerprint density at radius 1 is 1.09 bits per heavy atom. The zero-order chi connectivity index (χ0) is 22.1. The van der Waals surface area contributed by atoms with E-state index < -0.39 is 5.54 Å². The molecule has 32 heavy (non-hydrogen) atoms. The molecule has 2 fully saturated rings. The van der Waals surface area contributed by atoms with E-state index in [1.54, 1.807) is 0 Å². The molecule has 6 rings (SSSR count). The van der Waals surface area contributed by atoms with Gasteiger partial charge in [0, 0.05) is 37.8 Å². The summed E-state index contributed by atoms with van der Waals surface area (Å²) in [6.45, 7) is 7.14. The summed E-state index contributed by atoms with van der Waals surface area (Å²) in [4.78, 5) is 21.4. The van der Waals surface area contributed by atoms with Crippen molar-refractivity contribution < 1.29 is 4.79 Å². The average Bonchev–Trinajstić information content (AvgIpc) is 3.06. The molecule has 2 aromatic carbocycles. The van der Waals surface area contributed by atoms with Crippen LogP contribution in [0.25, 0.3) is 0 Å². The lowest BCUT2D eigenvalue weighted by Gasteiger charge is -2.51. The first-order valence-corrected chi connectivity index (χ1v) is 12.2. The summed E-state index contributed by atoms with van der Waals surface area (Å²) >= 11 is 0. The maximum Gasteiger partial charge on any atom is 0.249 e. The number of aliphatic imine (C=N–C) groups is 1. The zero-order valence-corrected chi connectivity index (χ0v) is 19.3. The van der Waals surface area contributed by atoms with E-state index in [4.69, 9.17) is 4.99 Å². The predicted octanol–water partition coefficient (Wildman–Crippen LogP) is 4.35. The highest BCUT2D eigenvalue weighted by atomic mass is 16.2. The lowest BCUT2D eigenvalue weighted by atomic mass is 9.59. The van der Waals surface area contributed by atoms with Crippen molar-refractivity contribution in [1.82, 2.24) is 10.2 Å². The topological polar surface area (TPSA) is 44.7 Å². The third-order valence-electron chi connectivity index (χ3n) is 7.79. The quantitative estimate of drug-likeness (QED) is 0.678. The van der Waals surface area contributed by atoms with Gasteiger partial charge in [-0.15, -0.1) is 0 Å². The van der Waals surface area contributed by atoms with Crippen LogP contribution in [0.15, 0.2) is 65.7 Å². The Bertz CT molecular complexity index is 957. The number of benzene rings is 2. The van der Waals surface area contributed by atoms with Crippen LogP contribution >= 0.6 is 0 Å². The minimum atomic E-state index is -0.625. The molecule has 0 radical (unpaired) electrons. The Morgan fingerprint density at radius 3 is 2.47 bits per heavy atom. The molecule has 4 aliphatic rings. The number of likely N-dealkylation sites (tertiary alicyclic amines) is 1. The second-order valence-electron chi connectivity index (χ2n) is 10.3. The van der Waals surface area contributed by atoms with Gasteiger partial charge in [-0.3, -0.25) is 14.7 Å². The number of nitrogens with zero attached hydrogens (tertiary/aromatic N) is 2. The standard InChI is InChI=1S/C28H35N3O/c1-20(2)15-25-23-16-24-19-31(18-22-11-7-4-8-12-22)26(25)28(24,30-17-23)27(32)29-14-13-21-9-5-3-6-10-21/h3-12,17,20,23-26H,13-16,18-19H2,1-2H3,(H,29,32)/t23-,24-,25+,26-,28-/m0/s1. The highest BCUT2D eigenvalue weighted by Crippen LogP contribution is 2.55. The average molecular weight is 430 g/mol. The molecular formula is C28H35N3O. The maximum absolute atomic E-state index is 13.8. The lowest BCUT2D eigenvalue weighted by Crippen LogP contribution is -2.65. The molecule has 0 aromatic heterocycles. The van der Waals surface area contributed by atoms with E-state index in [1.165, 1.54) is 11.1 Å². The molecule has 1 saturated carbocycles. The van der Waals surface area contributed by atoms with Crippen LogP contribution < -0.4 is 5.32 Å². The van der Waals surface area contributed by atoms with Crippen molar-refractivity contribution in [2.45, 2.75) is 51.2 Å². The van der Waals surface area contributed by atoms with Gasteiger partial charge in [0.1, 0.15) is 0 Å². The van der Waals surface area contributed by atoms with E-state index in [0.717, 1.165) is 32.4 Å². The Hall–Kier alpha value is -2.46. The van der Waals surface area contributed by atoms with Crippen molar-refractivity contribution in [2.75, 3.05) is 13.1 Å². The number of nitrogens with one attached hydrogen (secondary N) is 1. The summed E-state index contributed by atoms with van der Waals surface area (Å²) in [5.74, 6) is 2.07. The summed E-state index contributed by atoms with van der Waals surface area (Å²) in [7, 11) is 0. The van der Waals surface area contributed by atoms with Gasteiger partial charge in [-0.25, -0.2) is 0 Å². The summed E-state index contributed by atoms with van der Waals surface area (Å²) in [6, 6.07) is 21.3. The Kier molecular flexibility index (Phi) is 5.90. The van der Waals surface area contributed by atoms with Gasteiger partial charge in [0.05, 0.1) is 0 Å². The molecule has 2 aromatic rings. The fourth-order valence-electron chi connectivity index (χ4n) is 6.53. The van der Waals surface area contributed by atoms with Gasteiger partial charge in [0.15, 0.2) is 5.54 Å². The van der Waals surface area contributed by atoms with Crippen molar-refractivity contribution >= 4 is 12.1 Å². The summed E-state index contributed by atoms with van der Waals surface area (Å²) in [6.07, 6.45) is 5.24. The molecule has 3 heterocycles. The first kappa shape index (κ1) is 21.4. The van der Waals surface area contributed by atoms with Crippen LogP contribution in [0.5, 0.6) is 0 Å². The summed E-state index contributed by atoms with van der Waals surface area (Å²) < 4.78 is 0. The lowest BCUT2D eigenvalue weighted by molar-refractivity contribution is -0.132. The van der Waals surface area contributed by atoms with Gasteiger partial charge in [0.25, 0.3) is 0 Å².